The van der Waals surface area contributed by atoms with E-state index in [9.17, 15) is 9.59 Å². The average Bonchev–Trinajstić information content (AvgIpc) is 3.02. The molecule has 1 N–H and O–H groups in total. The molecule has 0 radical (unpaired) electrons. The van der Waals surface area contributed by atoms with E-state index >= 15 is 0 Å². The van der Waals surface area contributed by atoms with Gasteiger partial charge in [-0.15, -0.1) is 0 Å². The van der Waals surface area contributed by atoms with Crippen LogP contribution in [0, 0.1) is 0 Å². The van der Waals surface area contributed by atoms with Crippen LogP contribution in [0.15, 0.2) is 48.5 Å². The fraction of sp³-hybridized carbons (Fsp3) is 0.176. The van der Waals surface area contributed by atoms with Gasteiger partial charge in [-0.1, -0.05) is 0 Å². The number of amides is 2. The van der Waals surface area contributed by atoms with Gasteiger partial charge in [-0.3, -0.25) is 4.90 Å². The highest BCUT2D eigenvalue weighted by Gasteiger charge is 2.21. The van der Waals surface area contributed by atoms with Gasteiger partial charge in [-0.25, -0.2) is 9.59 Å². The summed E-state index contributed by atoms with van der Waals surface area (Å²) in [5.41, 5.74) is 1.17. The first-order valence-electron chi connectivity index (χ1n) is 7.19. The first-order chi connectivity index (χ1) is 11.2. The Kier molecular flexibility index (Phi) is 4.14. The van der Waals surface area contributed by atoms with Gasteiger partial charge in [0.1, 0.15) is 11.5 Å². The number of hydrogen-bond donors (Lipinski definition) is 1. The van der Waals surface area contributed by atoms with E-state index in [1.165, 1.54) is 0 Å². The summed E-state index contributed by atoms with van der Waals surface area (Å²) in [6, 6.07) is 13.4. The van der Waals surface area contributed by atoms with Crippen LogP contribution in [0.4, 0.5) is 10.5 Å². The molecule has 1 aliphatic rings. The van der Waals surface area contributed by atoms with Gasteiger partial charge < -0.3 is 14.8 Å². The number of benzene rings is 2. The van der Waals surface area contributed by atoms with E-state index < -0.39 is 5.97 Å². The monoisotopic (exact) mass is 312 g/mol. The molecule has 1 saturated heterocycles. The highest BCUT2D eigenvalue weighted by Crippen LogP contribution is 2.20. The van der Waals surface area contributed by atoms with Gasteiger partial charge in [0.05, 0.1) is 12.7 Å². The molecule has 6 heteroatoms. The van der Waals surface area contributed by atoms with Crippen LogP contribution in [0.1, 0.15) is 10.4 Å². The maximum Gasteiger partial charge on any atom is 0.343 e. The number of hydrogen-bond acceptors (Lipinski definition) is 4. The van der Waals surface area contributed by atoms with Crippen molar-refractivity contribution in [2.45, 2.75) is 0 Å². The van der Waals surface area contributed by atoms with Crippen molar-refractivity contribution in [2.75, 3.05) is 25.1 Å². The standard InChI is InChI=1S/C17H16N2O4/c1-22-14-6-8-15(9-7-14)23-16(20)12-2-4-13(5-3-12)19-11-10-18-17(19)21/h2-9H,10-11H2,1H3,(H,18,21). The van der Waals surface area contributed by atoms with Crippen LogP contribution in [0.5, 0.6) is 11.5 Å². The van der Waals surface area contributed by atoms with Crippen LogP contribution in [0.2, 0.25) is 0 Å². The molecule has 23 heavy (non-hydrogen) atoms. The predicted molar refractivity (Wildman–Crippen MR) is 85.1 cm³/mol. The second-order valence-corrected chi connectivity index (χ2v) is 5.00. The normalized spacial score (nSPS) is 13.6. The number of anilines is 1. The maximum atomic E-state index is 12.1. The Morgan fingerprint density at radius 2 is 1.70 bits per heavy atom. The summed E-state index contributed by atoms with van der Waals surface area (Å²) >= 11 is 0. The molecule has 2 aromatic carbocycles. The molecule has 0 saturated carbocycles. The van der Waals surface area contributed by atoms with Crippen LogP contribution in [0.3, 0.4) is 0 Å². The Labute approximate surface area is 133 Å². The number of nitrogens with zero attached hydrogens (tertiary/aromatic N) is 1. The number of rotatable bonds is 4. The quantitative estimate of drug-likeness (QED) is 0.695. The van der Waals surface area contributed by atoms with Crippen LogP contribution >= 0.6 is 0 Å². The summed E-state index contributed by atoms with van der Waals surface area (Å²) in [5.74, 6) is 0.685. The average molecular weight is 312 g/mol. The first-order valence-corrected chi connectivity index (χ1v) is 7.19. The van der Waals surface area contributed by atoms with Crippen molar-refractivity contribution in [3.05, 3.63) is 54.1 Å². The fourth-order valence-electron chi connectivity index (χ4n) is 2.31. The van der Waals surface area contributed by atoms with Gasteiger partial charge >= 0.3 is 12.0 Å². The topological polar surface area (TPSA) is 67.9 Å². The molecule has 118 valence electrons. The molecular weight excluding hydrogens is 296 g/mol. The molecule has 0 aliphatic carbocycles. The van der Waals surface area contributed by atoms with Crippen LogP contribution in [-0.4, -0.2) is 32.2 Å². The molecule has 0 aromatic heterocycles. The molecule has 0 spiro atoms. The zero-order chi connectivity index (χ0) is 16.2. The van der Waals surface area contributed by atoms with Gasteiger partial charge in [0.15, 0.2) is 0 Å². The Balaban J connectivity index is 1.68. The number of esters is 1. The molecule has 2 amide bonds. The molecular formula is C17H16N2O4. The van der Waals surface area contributed by atoms with Crippen LogP contribution in [-0.2, 0) is 0 Å². The molecule has 1 fully saturated rings. The number of carbonyl (C=O) groups excluding carboxylic acids is 2. The summed E-state index contributed by atoms with van der Waals surface area (Å²) in [5, 5.41) is 2.73. The fourth-order valence-corrected chi connectivity index (χ4v) is 2.31. The van der Waals surface area contributed by atoms with E-state index in [1.807, 2.05) is 0 Å². The maximum absolute atomic E-state index is 12.1. The van der Waals surface area contributed by atoms with E-state index in [-0.39, 0.29) is 6.03 Å². The third-order valence-corrected chi connectivity index (χ3v) is 3.54. The molecule has 6 nitrogen and oxygen atoms in total. The lowest BCUT2D eigenvalue weighted by atomic mass is 10.2. The van der Waals surface area contributed by atoms with Gasteiger partial charge in [-0.2, -0.15) is 0 Å². The zero-order valence-electron chi connectivity index (χ0n) is 12.6. The second-order valence-electron chi connectivity index (χ2n) is 5.00. The van der Waals surface area contributed by atoms with Gasteiger partial charge in [0.2, 0.25) is 0 Å². The van der Waals surface area contributed by atoms with Crippen molar-refractivity contribution in [1.82, 2.24) is 5.32 Å². The Bertz CT molecular complexity index is 710. The number of methoxy groups -OCH3 is 1. The van der Waals surface area contributed by atoms with Crippen molar-refractivity contribution in [1.29, 1.82) is 0 Å². The number of nitrogens with one attached hydrogen (secondary N) is 1. The zero-order valence-corrected chi connectivity index (χ0v) is 12.6. The highest BCUT2D eigenvalue weighted by atomic mass is 16.5. The molecule has 1 aliphatic heterocycles. The van der Waals surface area contributed by atoms with Crippen LogP contribution in [0.25, 0.3) is 0 Å². The SMILES string of the molecule is COc1ccc(OC(=O)c2ccc(N3CCNC3=O)cc2)cc1. The summed E-state index contributed by atoms with van der Waals surface area (Å²) in [6.45, 7) is 1.24. The third kappa shape index (κ3) is 3.26. The van der Waals surface area contributed by atoms with Crippen molar-refractivity contribution in [2.24, 2.45) is 0 Å². The predicted octanol–water partition coefficient (Wildman–Crippen LogP) is 2.44. The summed E-state index contributed by atoms with van der Waals surface area (Å²) in [4.78, 5) is 25.3. The lowest BCUT2D eigenvalue weighted by Crippen LogP contribution is -2.27. The molecule has 2 aromatic rings. The van der Waals surface area contributed by atoms with Crippen molar-refractivity contribution in [3.63, 3.8) is 0 Å². The van der Waals surface area contributed by atoms with Crippen LogP contribution < -0.4 is 19.7 Å². The lowest BCUT2D eigenvalue weighted by Gasteiger charge is -2.14. The van der Waals surface area contributed by atoms with E-state index in [2.05, 4.69) is 5.32 Å². The number of carbonyl (C=O) groups is 2. The summed E-state index contributed by atoms with van der Waals surface area (Å²) in [6.07, 6.45) is 0. The summed E-state index contributed by atoms with van der Waals surface area (Å²) in [7, 11) is 1.57. The molecule has 0 atom stereocenters. The largest absolute Gasteiger partial charge is 0.497 e. The van der Waals surface area contributed by atoms with Gasteiger partial charge in [0, 0.05) is 18.8 Å². The Morgan fingerprint density at radius 3 is 2.26 bits per heavy atom. The van der Waals surface area contributed by atoms with Crippen molar-refractivity contribution >= 4 is 17.7 Å². The minimum atomic E-state index is -0.451. The smallest absolute Gasteiger partial charge is 0.343 e. The van der Waals surface area contributed by atoms with E-state index in [0.717, 1.165) is 5.69 Å². The molecule has 0 unspecified atom stereocenters. The lowest BCUT2D eigenvalue weighted by molar-refractivity contribution is 0.0734. The van der Waals surface area contributed by atoms with Gasteiger partial charge in [-0.05, 0) is 48.5 Å². The highest BCUT2D eigenvalue weighted by molar-refractivity contribution is 5.95. The minimum Gasteiger partial charge on any atom is -0.497 e. The van der Waals surface area contributed by atoms with E-state index in [0.29, 0.717) is 30.2 Å². The molecule has 1 heterocycles. The number of ether oxygens (including phenoxy) is 2. The summed E-state index contributed by atoms with van der Waals surface area (Å²) < 4.78 is 10.4. The second kappa shape index (κ2) is 6.39. The van der Waals surface area contributed by atoms with Crippen molar-refractivity contribution < 1.29 is 19.1 Å². The Morgan fingerprint density at radius 1 is 1.04 bits per heavy atom. The number of urea groups is 1. The third-order valence-electron chi connectivity index (χ3n) is 3.54. The van der Waals surface area contributed by atoms with Gasteiger partial charge in [0.25, 0.3) is 0 Å². The van der Waals surface area contributed by atoms with Crippen molar-refractivity contribution in [3.8, 4) is 11.5 Å². The Hall–Kier alpha value is -3.02. The first kappa shape index (κ1) is 14.9. The molecule has 0 bridgehead atoms. The van der Waals surface area contributed by atoms with E-state index in [4.69, 9.17) is 9.47 Å². The van der Waals surface area contributed by atoms with E-state index in [1.54, 1.807) is 60.5 Å². The minimum absolute atomic E-state index is 0.126. The molecule has 3 rings (SSSR count).